The quantitative estimate of drug-likeness (QED) is 0.352. The molecule has 0 rings (SSSR count). The Morgan fingerprint density at radius 1 is 0.900 bits per heavy atom. The van der Waals surface area contributed by atoms with Crippen LogP contribution < -0.4 is 4.90 Å². The average Bonchev–Trinajstić information content (AvgIpc) is 2.35. The standard InChI is InChI=1S/C11H17Br4NO4/c1-7(2)16(3-5-19-10(17)8(12)13)4-6-20-11(18)9(14)15/h7-9H,3-6H2,1-2H3/p+1. The van der Waals surface area contributed by atoms with E-state index < -0.39 is 7.47 Å². The molecule has 0 spiro atoms. The van der Waals surface area contributed by atoms with E-state index in [2.05, 4.69) is 77.6 Å². The first-order valence-corrected chi connectivity index (χ1v) is 9.66. The van der Waals surface area contributed by atoms with Crippen LogP contribution in [0.2, 0.25) is 0 Å². The maximum atomic E-state index is 11.3. The molecule has 0 bridgehead atoms. The Hall–Kier alpha value is 0.820. The molecule has 20 heavy (non-hydrogen) atoms. The van der Waals surface area contributed by atoms with E-state index in [-0.39, 0.29) is 11.9 Å². The largest absolute Gasteiger partial charge is 0.458 e. The summed E-state index contributed by atoms with van der Waals surface area (Å²) in [6, 6.07) is 0.347. The van der Waals surface area contributed by atoms with Gasteiger partial charge in [-0.2, -0.15) is 0 Å². The SMILES string of the molecule is CC(C)[NH+](CCOC(=O)C(Br)Br)CCOC(=O)C(Br)Br. The molecule has 0 aliphatic carbocycles. The Balaban J connectivity index is 4.00. The van der Waals surface area contributed by atoms with Gasteiger partial charge in [0, 0.05) is 0 Å². The molecule has 0 unspecified atom stereocenters. The van der Waals surface area contributed by atoms with E-state index >= 15 is 0 Å². The van der Waals surface area contributed by atoms with E-state index in [1.807, 2.05) is 0 Å². The Morgan fingerprint density at radius 2 is 1.25 bits per heavy atom. The first-order valence-electron chi connectivity index (χ1n) is 5.99. The highest BCUT2D eigenvalue weighted by molar-refractivity contribution is 9.25. The lowest BCUT2D eigenvalue weighted by molar-refractivity contribution is -0.921. The molecule has 9 heteroatoms. The molecule has 1 N–H and O–H groups in total. The normalized spacial score (nSPS) is 11.5. The van der Waals surface area contributed by atoms with Crippen LogP contribution in [0.1, 0.15) is 13.8 Å². The minimum atomic E-state index is -0.478. The van der Waals surface area contributed by atoms with Crippen LogP contribution in [0.4, 0.5) is 0 Å². The zero-order valence-electron chi connectivity index (χ0n) is 11.2. The highest BCUT2D eigenvalue weighted by Gasteiger charge is 2.18. The fourth-order valence-electron chi connectivity index (χ4n) is 1.39. The molecule has 0 saturated heterocycles. The van der Waals surface area contributed by atoms with Crippen LogP contribution in [-0.2, 0) is 19.1 Å². The number of alkyl halides is 4. The fourth-order valence-corrected chi connectivity index (χ4v) is 1.92. The van der Waals surface area contributed by atoms with Gasteiger partial charge >= 0.3 is 11.9 Å². The van der Waals surface area contributed by atoms with Gasteiger partial charge in [-0.1, -0.05) is 63.7 Å². The van der Waals surface area contributed by atoms with Crippen LogP contribution in [0.25, 0.3) is 0 Å². The van der Waals surface area contributed by atoms with E-state index in [1.54, 1.807) is 0 Å². The number of rotatable bonds is 9. The summed E-state index contributed by atoms with van der Waals surface area (Å²) in [6.07, 6.45) is 0. The highest BCUT2D eigenvalue weighted by Crippen LogP contribution is 2.09. The van der Waals surface area contributed by atoms with Gasteiger partial charge in [-0.25, -0.2) is 9.59 Å². The molecule has 0 aliphatic rings. The second kappa shape index (κ2) is 11.4. The molecule has 0 aromatic carbocycles. The van der Waals surface area contributed by atoms with Crippen molar-refractivity contribution in [3.63, 3.8) is 0 Å². The van der Waals surface area contributed by atoms with Gasteiger partial charge in [0.2, 0.25) is 0 Å². The Kier molecular flexibility index (Phi) is 11.9. The molecule has 0 aromatic heterocycles. The third-order valence-electron chi connectivity index (χ3n) is 2.51. The third-order valence-corrected chi connectivity index (χ3v) is 4.00. The van der Waals surface area contributed by atoms with Crippen LogP contribution in [-0.4, -0.2) is 51.8 Å². The first-order chi connectivity index (χ1) is 9.25. The highest BCUT2D eigenvalue weighted by atomic mass is 79.9. The number of hydrogen-bond acceptors (Lipinski definition) is 4. The minimum absolute atomic E-state index is 0.327. The molecule has 0 atom stereocenters. The van der Waals surface area contributed by atoms with Crippen LogP contribution >= 0.6 is 63.7 Å². The number of nitrogens with one attached hydrogen (secondary N) is 1. The van der Waals surface area contributed by atoms with E-state index in [9.17, 15) is 9.59 Å². The van der Waals surface area contributed by atoms with E-state index in [1.165, 1.54) is 4.90 Å². The second-order valence-corrected chi connectivity index (χ2v) is 10.4. The third kappa shape index (κ3) is 9.70. The summed E-state index contributed by atoms with van der Waals surface area (Å²) in [5.41, 5.74) is 0. The lowest BCUT2D eigenvalue weighted by atomic mass is 10.3. The zero-order chi connectivity index (χ0) is 15.7. The summed E-state index contributed by atoms with van der Waals surface area (Å²) >= 11 is 12.3. The second-order valence-electron chi connectivity index (χ2n) is 4.25. The summed E-state index contributed by atoms with van der Waals surface area (Å²) in [5.74, 6) is -0.693. The van der Waals surface area contributed by atoms with E-state index in [4.69, 9.17) is 9.47 Å². The number of ether oxygens (including phenoxy) is 2. The van der Waals surface area contributed by atoms with Gasteiger partial charge < -0.3 is 14.4 Å². The van der Waals surface area contributed by atoms with E-state index in [0.717, 1.165) is 0 Å². The van der Waals surface area contributed by atoms with Crippen molar-refractivity contribution in [2.75, 3.05) is 26.3 Å². The monoisotopic (exact) mass is 544 g/mol. The molecular formula is C11H18Br4NO4+. The summed E-state index contributed by atoms with van der Waals surface area (Å²) in [6.45, 7) is 6.11. The molecular weight excluding hydrogens is 530 g/mol. The number of hydrogen-bond donors (Lipinski definition) is 1. The van der Waals surface area contributed by atoms with Gasteiger partial charge in [0.05, 0.1) is 6.04 Å². The number of carbonyl (C=O) groups excluding carboxylic acids is 2. The first kappa shape index (κ1) is 20.8. The van der Waals surface area contributed by atoms with Crippen molar-refractivity contribution in [2.24, 2.45) is 0 Å². The molecule has 0 aromatic rings. The molecule has 0 aliphatic heterocycles. The molecule has 5 nitrogen and oxygen atoms in total. The Bertz CT molecular complexity index is 287. The minimum Gasteiger partial charge on any atom is -0.458 e. The maximum absolute atomic E-state index is 11.3. The predicted octanol–water partition coefficient (Wildman–Crippen LogP) is 1.60. The van der Waals surface area contributed by atoms with Crippen molar-refractivity contribution in [3.8, 4) is 0 Å². The summed E-state index contributed by atoms with van der Waals surface area (Å²) in [4.78, 5) is 23.7. The van der Waals surface area contributed by atoms with Gasteiger partial charge in [-0.15, -0.1) is 0 Å². The summed E-state index contributed by atoms with van der Waals surface area (Å²) in [7, 11) is 0. The Morgan fingerprint density at radius 3 is 1.50 bits per heavy atom. The van der Waals surface area contributed by atoms with Crippen molar-refractivity contribution >= 4 is 75.7 Å². The number of esters is 2. The van der Waals surface area contributed by atoms with Gasteiger partial charge in [0.1, 0.15) is 26.3 Å². The van der Waals surface area contributed by atoms with Crippen LogP contribution in [0.5, 0.6) is 0 Å². The zero-order valence-corrected chi connectivity index (χ0v) is 17.5. The number of quaternary nitrogens is 1. The average molecular weight is 548 g/mol. The van der Waals surface area contributed by atoms with Gasteiger partial charge in [0.25, 0.3) is 0 Å². The van der Waals surface area contributed by atoms with Crippen LogP contribution in [0.15, 0.2) is 0 Å². The molecule has 0 fully saturated rings. The molecule has 0 amide bonds. The van der Waals surface area contributed by atoms with Crippen molar-refractivity contribution < 1.29 is 24.0 Å². The molecule has 0 heterocycles. The predicted molar refractivity (Wildman–Crippen MR) is 91.0 cm³/mol. The van der Waals surface area contributed by atoms with E-state index in [0.29, 0.717) is 32.3 Å². The smallest absolute Gasteiger partial charge is 0.330 e. The van der Waals surface area contributed by atoms with Crippen molar-refractivity contribution in [2.45, 2.75) is 27.4 Å². The lowest BCUT2D eigenvalue weighted by Gasteiger charge is -2.23. The van der Waals surface area contributed by atoms with Gasteiger partial charge in [-0.3, -0.25) is 0 Å². The maximum Gasteiger partial charge on any atom is 0.330 e. The topological polar surface area (TPSA) is 57.0 Å². The number of carbonyl (C=O) groups is 2. The van der Waals surface area contributed by atoms with Crippen molar-refractivity contribution in [3.05, 3.63) is 0 Å². The van der Waals surface area contributed by atoms with Crippen molar-refractivity contribution in [1.29, 1.82) is 0 Å². The molecule has 0 radical (unpaired) electrons. The lowest BCUT2D eigenvalue weighted by Crippen LogP contribution is -3.16. The van der Waals surface area contributed by atoms with Crippen LogP contribution in [0, 0.1) is 0 Å². The number of halogens is 4. The van der Waals surface area contributed by atoms with Gasteiger partial charge in [-0.05, 0) is 13.8 Å². The fraction of sp³-hybridized carbons (Fsp3) is 0.818. The Labute approximate surface area is 152 Å². The van der Waals surface area contributed by atoms with Crippen LogP contribution in [0.3, 0.4) is 0 Å². The van der Waals surface area contributed by atoms with Gasteiger partial charge in [0.15, 0.2) is 7.47 Å². The molecule has 118 valence electrons. The summed E-state index contributed by atoms with van der Waals surface area (Å²) in [5, 5.41) is 0. The van der Waals surface area contributed by atoms with Crippen molar-refractivity contribution in [1.82, 2.24) is 0 Å². The summed E-state index contributed by atoms with van der Waals surface area (Å²) < 4.78 is 9.19. The molecule has 0 saturated carbocycles.